The van der Waals surface area contributed by atoms with Crippen LogP contribution in [0.25, 0.3) is 0 Å². The molecule has 0 amide bonds. The number of hydrogen-bond donors (Lipinski definition) is 0. The van der Waals surface area contributed by atoms with Crippen LogP contribution in [0.1, 0.15) is 40.0 Å². The maximum atomic E-state index is 11.4. The minimum atomic E-state index is -1.77. The molecule has 1 aliphatic rings. The van der Waals surface area contributed by atoms with Gasteiger partial charge in [0.2, 0.25) is 0 Å². The van der Waals surface area contributed by atoms with Crippen LogP contribution in [0.5, 0.6) is 0 Å². The molecule has 0 saturated carbocycles. The summed E-state index contributed by atoms with van der Waals surface area (Å²) in [5.74, 6) is -0.352. The molecule has 0 aromatic carbocycles. The fraction of sp³-hybridized carbons (Fsp3) is 0.688. The summed E-state index contributed by atoms with van der Waals surface area (Å²) >= 11 is 0. The predicted molar refractivity (Wildman–Crippen MR) is 85.2 cm³/mol. The van der Waals surface area contributed by atoms with E-state index in [0.717, 1.165) is 24.8 Å². The summed E-state index contributed by atoms with van der Waals surface area (Å²) < 4.78 is 11.6. The van der Waals surface area contributed by atoms with Crippen molar-refractivity contribution in [2.75, 3.05) is 6.61 Å². The second-order valence-corrected chi connectivity index (χ2v) is 11.7. The van der Waals surface area contributed by atoms with E-state index in [-0.39, 0.29) is 17.1 Å². The van der Waals surface area contributed by atoms with E-state index in [9.17, 15) is 4.79 Å². The van der Waals surface area contributed by atoms with Crippen molar-refractivity contribution in [2.24, 2.45) is 0 Å². The molecule has 0 radical (unpaired) electrons. The van der Waals surface area contributed by atoms with E-state index >= 15 is 0 Å². The average molecular weight is 296 g/mol. The smallest absolute Gasteiger partial charge is 0.330 e. The highest BCUT2D eigenvalue weighted by Gasteiger charge is 2.37. The number of allylic oxidation sites excluding steroid dienone is 1. The van der Waals surface area contributed by atoms with Gasteiger partial charge in [-0.2, -0.15) is 0 Å². The van der Waals surface area contributed by atoms with Crippen LogP contribution in [0, 0.1) is 0 Å². The summed E-state index contributed by atoms with van der Waals surface area (Å²) in [7, 11) is -1.77. The van der Waals surface area contributed by atoms with E-state index in [1.807, 2.05) is 0 Å². The van der Waals surface area contributed by atoms with Gasteiger partial charge in [0.1, 0.15) is 6.10 Å². The number of hydrogen-bond acceptors (Lipinski definition) is 3. The summed E-state index contributed by atoms with van der Waals surface area (Å²) in [5, 5.41) is 0.190. The summed E-state index contributed by atoms with van der Waals surface area (Å²) in [6, 6.07) is 0. The third-order valence-electron chi connectivity index (χ3n) is 4.32. The summed E-state index contributed by atoms with van der Waals surface area (Å²) in [6.07, 6.45) is 6.22. The van der Waals surface area contributed by atoms with Crippen molar-refractivity contribution >= 4 is 14.3 Å². The zero-order chi connectivity index (χ0) is 15.4. The largest absolute Gasteiger partial charge is 0.455 e. The van der Waals surface area contributed by atoms with Gasteiger partial charge >= 0.3 is 5.97 Å². The quantitative estimate of drug-likeness (QED) is 0.330. The Morgan fingerprint density at radius 3 is 2.70 bits per heavy atom. The zero-order valence-corrected chi connectivity index (χ0v) is 14.5. The van der Waals surface area contributed by atoms with E-state index in [0.29, 0.717) is 6.61 Å². The molecule has 1 rings (SSSR count). The molecule has 20 heavy (non-hydrogen) atoms. The number of esters is 1. The molecule has 0 unspecified atom stereocenters. The molecule has 114 valence electrons. The summed E-state index contributed by atoms with van der Waals surface area (Å²) in [5.41, 5.74) is 1.11. The van der Waals surface area contributed by atoms with Gasteiger partial charge in [-0.3, -0.25) is 0 Å². The average Bonchev–Trinajstić information content (AvgIpc) is 2.36. The molecule has 4 heteroatoms. The van der Waals surface area contributed by atoms with Gasteiger partial charge < -0.3 is 9.16 Å². The molecule has 0 spiro atoms. The SMILES string of the molecule is C=CC(=O)O[C@@H]1CCCC=C1CO[Si](C)(C)C(C)(C)C. The van der Waals surface area contributed by atoms with Crippen molar-refractivity contribution in [3.8, 4) is 0 Å². The molecule has 0 N–H and O–H groups in total. The lowest BCUT2D eigenvalue weighted by Crippen LogP contribution is -2.42. The van der Waals surface area contributed by atoms with Gasteiger partial charge in [0, 0.05) is 6.08 Å². The maximum absolute atomic E-state index is 11.4. The highest BCUT2D eigenvalue weighted by Crippen LogP contribution is 2.37. The normalized spacial score (nSPS) is 20.2. The zero-order valence-electron chi connectivity index (χ0n) is 13.5. The first-order valence-electron chi connectivity index (χ1n) is 7.33. The van der Waals surface area contributed by atoms with Gasteiger partial charge in [-0.15, -0.1) is 0 Å². The number of rotatable bonds is 5. The molecule has 0 bridgehead atoms. The van der Waals surface area contributed by atoms with Crippen LogP contribution < -0.4 is 0 Å². The lowest BCUT2D eigenvalue weighted by molar-refractivity contribution is -0.141. The molecule has 3 nitrogen and oxygen atoms in total. The van der Waals surface area contributed by atoms with Crippen molar-refractivity contribution in [1.82, 2.24) is 0 Å². The van der Waals surface area contributed by atoms with Gasteiger partial charge in [0.05, 0.1) is 6.61 Å². The second-order valence-electron chi connectivity index (χ2n) is 6.89. The third-order valence-corrected chi connectivity index (χ3v) is 8.80. The maximum Gasteiger partial charge on any atom is 0.330 e. The van der Waals surface area contributed by atoms with Crippen LogP contribution >= 0.6 is 0 Å². The number of carbonyl (C=O) groups excluding carboxylic acids is 1. The molecular formula is C16H28O3Si. The van der Waals surface area contributed by atoms with Crippen LogP contribution in [-0.2, 0) is 14.0 Å². The van der Waals surface area contributed by atoms with Crippen LogP contribution in [0.15, 0.2) is 24.3 Å². The topological polar surface area (TPSA) is 35.5 Å². The van der Waals surface area contributed by atoms with E-state index in [1.165, 1.54) is 6.08 Å². The van der Waals surface area contributed by atoms with Crippen molar-refractivity contribution in [3.63, 3.8) is 0 Å². The Morgan fingerprint density at radius 1 is 1.50 bits per heavy atom. The summed E-state index contributed by atoms with van der Waals surface area (Å²) in [4.78, 5) is 11.4. The highest BCUT2D eigenvalue weighted by atomic mass is 28.4. The van der Waals surface area contributed by atoms with E-state index in [2.05, 4.69) is 46.5 Å². The van der Waals surface area contributed by atoms with Crippen LogP contribution in [0.3, 0.4) is 0 Å². The van der Waals surface area contributed by atoms with Gasteiger partial charge in [-0.1, -0.05) is 33.4 Å². The summed E-state index contributed by atoms with van der Waals surface area (Å²) in [6.45, 7) is 15.2. The van der Waals surface area contributed by atoms with Gasteiger partial charge in [0.15, 0.2) is 8.32 Å². The minimum absolute atomic E-state index is 0.140. The molecule has 0 fully saturated rings. The van der Waals surface area contributed by atoms with Crippen molar-refractivity contribution < 1.29 is 14.0 Å². The van der Waals surface area contributed by atoms with Crippen molar-refractivity contribution in [1.29, 1.82) is 0 Å². The fourth-order valence-electron chi connectivity index (χ4n) is 1.86. The molecule has 0 aliphatic heterocycles. The number of carbonyl (C=O) groups is 1. The van der Waals surface area contributed by atoms with Gasteiger partial charge in [0.25, 0.3) is 0 Å². The first-order chi connectivity index (χ1) is 9.17. The van der Waals surface area contributed by atoms with Gasteiger partial charge in [-0.05, 0) is 43.0 Å². The van der Waals surface area contributed by atoms with Crippen LogP contribution in [-0.4, -0.2) is 27.0 Å². The fourth-order valence-corrected chi connectivity index (χ4v) is 2.82. The van der Waals surface area contributed by atoms with E-state index in [1.54, 1.807) is 0 Å². The van der Waals surface area contributed by atoms with E-state index in [4.69, 9.17) is 9.16 Å². The first kappa shape index (κ1) is 17.2. The molecule has 1 aliphatic carbocycles. The molecule has 0 heterocycles. The Kier molecular flexibility index (Phi) is 5.77. The highest BCUT2D eigenvalue weighted by molar-refractivity contribution is 6.74. The predicted octanol–water partition coefficient (Wildman–Crippen LogP) is 4.22. The first-order valence-corrected chi connectivity index (χ1v) is 10.2. The standard InChI is InChI=1S/C16H28O3Si/c1-7-15(17)19-14-11-9-8-10-13(14)12-18-20(5,6)16(2,3)4/h7,10,14H,1,8-9,11-12H2,2-6H3/t14-/m1/s1. The third kappa shape index (κ3) is 4.60. The molecule has 0 aromatic rings. The second kappa shape index (κ2) is 6.72. The molecular weight excluding hydrogens is 268 g/mol. The Hall–Kier alpha value is -0.873. The Labute approximate surface area is 124 Å². The minimum Gasteiger partial charge on any atom is -0.455 e. The van der Waals surface area contributed by atoms with Gasteiger partial charge in [-0.25, -0.2) is 4.79 Å². The molecule has 0 aromatic heterocycles. The Bertz CT molecular complexity index is 391. The van der Waals surface area contributed by atoms with Crippen molar-refractivity contribution in [2.45, 2.75) is 64.3 Å². The number of ether oxygens (including phenoxy) is 1. The molecule has 1 atom stereocenters. The Morgan fingerprint density at radius 2 is 2.15 bits per heavy atom. The van der Waals surface area contributed by atoms with E-state index < -0.39 is 8.32 Å². The van der Waals surface area contributed by atoms with Crippen LogP contribution in [0.4, 0.5) is 0 Å². The van der Waals surface area contributed by atoms with Crippen LogP contribution in [0.2, 0.25) is 18.1 Å². The molecule has 0 saturated heterocycles. The lowest BCUT2D eigenvalue weighted by atomic mass is 9.97. The Balaban J connectivity index is 2.66. The monoisotopic (exact) mass is 296 g/mol. The lowest BCUT2D eigenvalue weighted by Gasteiger charge is -2.37. The van der Waals surface area contributed by atoms with Crippen molar-refractivity contribution in [3.05, 3.63) is 24.3 Å².